The number of nitrogens with one attached hydrogen (secondary N) is 2. The van der Waals surface area contributed by atoms with Crippen LogP contribution in [0.3, 0.4) is 0 Å². The van der Waals surface area contributed by atoms with Crippen LogP contribution in [0.2, 0.25) is 0 Å². The van der Waals surface area contributed by atoms with Gasteiger partial charge >= 0.3 is 0 Å². The molecule has 6 heteroatoms. The lowest BCUT2D eigenvalue weighted by molar-refractivity contribution is 0.0957. The molecule has 0 aliphatic carbocycles. The lowest BCUT2D eigenvalue weighted by atomic mass is 10.1. The van der Waals surface area contributed by atoms with E-state index < -0.39 is 0 Å². The summed E-state index contributed by atoms with van der Waals surface area (Å²) in [5.74, 6) is -0.0330. The maximum Gasteiger partial charge on any atom is 0.263 e. The van der Waals surface area contributed by atoms with Gasteiger partial charge in [-0.15, -0.1) is 23.7 Å². The van der Waals surface area contributed by atoms with Gasteiger partial charge in [-0.25, -0.2) is 4.98 Å². The van der Waals surface area contributed by atoms with Crippen LogP contribution in [0, 0.1) is 20.8 Å². The zero-order valence-corrected chi connectivity index (χ0v) is 16.4. The SMILES string of the molecule is CCCNCCNC(=O)c1sc(-c2ccc(C)cc2C)nc1C.Cl. The topological polar surface area (TPSA) is 54.0 Å². The minimum atomic E-state index is -0.0330. The number of amides is 1. The molecule has 2 aromatic rings. The van der Waals surface area contributed by atoms with Crippen LogP contribution in [0.5, 0.6) is 0 Å². The third-order valence-electron chi connectivity index (χ3n) is 3.63. The maximum absolute atomic E-state index is 12.3. The molecule has 0 aliphatic heterocycles. The molecule has 0 fully saturated rings. The summed E-state index contributed by atoms with van der Waals surface area (Å²) < 4.78 is 0. The quantitative estimate of drug-likeness (QED) is 0.730. The van der Waals surface area contributed by atoms with E-state index in [4.69, 9.17) is 0 Å². The zero-order chi connectivity index (χ0) is 16.8. The second-order valence-electron chi connectivity index (χ2n) is 5.76. The van der Waals surface area contributed by atoms with E-state index in [2.05, 4.69) is 54.6 Å². The van der Waals surface area contributed by atoms with Gasteiger partial charge in [0.05, 0.1) is 5.69 Å². The molecule has 1 aromatic heterocycles. The van der Waals surface area contributed by atoms with Crippen molar-refractivity contribution in [1.82, 2.24) is 15.6 Å². The third-order valence-corrected chi connectivity index (χ3v) is 4.82. The first-order chi connectivity index (χ1) is 11.0. The number of aromatic nitrogens is 1. The van der Waals surface area contributed by atoms with E-state index in [0.29, 0.717) is 11.4 Å². The summed E-state index contributed by atoms with van der Waals surface area (Å²) in [5, 5.41) is 7.14. The summed E-state index contributed by atoms with van der Waals surface area (Å²) in [6, 6.07) is 6.31. The fraction of sp³-hybridized carbons (Fsp3) is 0.444. The Bertz CT molecular complexity index is 685. The smallest absolute Gasteiger partial charge is 0.263 e. The number of rotatable bonds is 7. The number of aryl methyl sites for hydroxylation is 3. The largest absolute Gasteiger partial charge is 0.350 e. The highest BCUT2D eigenvalue weighted by molar-refractivity contribution is 7.17. The summed E-state index contributed by atoms with van der Waals surface area (Å²) in [7, 11) is 0. The molecule has 0 saturated carbocycles. The minimum Gasteiger partial charge on any atom is -0.350 e. The van der Waals surface area contributed by atoms with Crippen LogP contribution in [-0.2, 0) is 0 Å². The fourth-order valence-corrected chi connectivity index (χ4v) is 3.50. The average Bonchev–Trinajstić information content (AvgIpc) is 2.88. The Hall–Kier alpha value is -1.43. The molecule has 4 nitrogen and oxygen atoms in total. The first kappa shape index (κ1) is 20.6. The minimum absolute atomic E-state index is 0. The third kappa shape index (κ3) is 5.30. The molecule has 2 rings (SSSR count). The Morgan fingerprint density at radius 2 is 1.92 bits per heavy atom. The van der Waals surface area contributed by atoms with Gasteiger partial charge in [0.15, 0.2) is 0 Å². The number of thiazole rings is 1. The van der Waals surface area contributed by atoms with E-state index in [9.17, 15) is 4.79 Å². The molecule has 0 spiro atoms. The Balaban J connectivity index is 0.00000288. The van der Waals surface area contributed by atoms with Crippen molar-refractivity contribution in [2.75, 3.05) is 19.6 Å². The summed E-state index contributed by atoms with van der Waals surface area (Å²) >= 11 is 1.47. The van der Waals surface area contributed by atoms with Gasteiger partial charge in [0.25, 0.3) is 5.91 Å². The van der Waals surface area contributed by atoms with Crippen molar-refractivity contribution >= 4 is 29.7 Å². The molecule has 0 radical (unpaired) electrons. The van der Waals surface area contributed by atoms with E-state index in [-0.39, 0.29) is 18.3 Å². The molecule has 0 atom stereocenters. The van der Waals surface area contributed by atoms with Gasteiger partial charge in [-0.2, -0.15) is 0 Å². The van der Waals surface area contributed by atoms with Gasteiger partial charge in [0.2, 0.25) is 0 Å². The number of hydrogen-bond acceptors (Lipinski definition) is 4. The predicted molar refractivity (Wildman–Crippen MR) is 105 cm³/mol. The second kappa shape index (κ2) is 9.77. The van der Waals surface area contributed by atoms with Crippen molar-refractivity contribution in [2.45, 2.75) is 34.1 Å². The summed E-state index contributed by atoms with van der Waals surface area (Å²) in [4.78, 5) is 17.6. The summed E-state index contributed by atoms with van der Waals surface area (Å²) in [6.45, 7) is 10.6. The molecular weight excluding hydrogens is 342 g/mol. The Kier molecular flexibility index (Phi) is 8.39. The highest BCUT2D eigenvalue weighted by atomic mass is 35.5. The maximum atomic E-state index is 12.3. The van der Waals surface area contributed by atoms with Gasteiger partial charge in [-0.05, 0) is 39.3 Å². The van der Waals surface area contributed by atoms with Crippen molar-refractivity contribution < 1.29 is 4.79 Å². The highest BCUT2D eigenvalue weighted by Crippen LogP contribution is 2.30. The van der Waals surface area contributed by atoms with Gasteiger partial charge in [-0.3, -0.25) is 4.79 Å². The van der Waals surface area contributed by atoms with E-state index in [0.717, 1.165) is 35.8 Å². The fourth-order valence-electron chi connectivity index (χ4n) is 2.42. The van der Waals surface area contributed by atoms with Gasteiger partial charge < -0.3 is 10.6 Å². The number of carbonyl (C=O) groups excluding carboxylic acids is 1. The van der Waals surface area contributed by atoms with Crippen molar-refractivity contribution in [3.8, 4) is 10.6 Å². The number of hydrogen-bond donors (Lipinski definition) is 2. The molecule has 132 valence electrons. The van der Waals surface area contributed by atoms with Gasteiger partial charge in [0, 0.05) is 18.7 Å². The standard InChI is InChI=1S/C18H25N3OS.ClH/c1-5-8-19-9-10-20-17(22)16-14(4)21-18(23-16)15-7-6-12(2)11-13(15)3;/h6-7,11,19H,5,8-10H2,1-4H3,(H,20,22);1H. The van der Waals surface area contributed by atoms with Crippen LogP contribution in [-0.4, -0.2) is 30.5 Å². The molecule has 24 heavy (non-hydrogen) atoms. The number of benzene rings is 1. The van der Waals surface area contributed by atoms with E-state index in [1.54, 1.807) is 0 Å². The first-order valence-corrected chi connectivity index (χ1v) is 8.88. The highest BCUT2D eigenvalue weighted by Gasteiger charge is 2.16. The molecule has 2 N–H and O–H groups in total. The molecule has 0 saturated heterocycles. The monoisotopic (exact) mass is 367 g/mol. The van der Waals surface area contributed by atoms with Gasteiger partial charge in [0.1, 0.15) is 9.88 Å². The Labute approximate surface area is 154 Å². The lowest BCUT2D eigenvalue weighted by Gasteiger charge is -2.05. The average molecular weight is 368 g/mol. The van der Waals surface area contributed by atoms with E-state index >= 15 is 0 Å². The molecule has 0 aliphatic rings. The zero-order valence-electron chi connectivity index (χ0n) is 14.7. The van der Waals surface area contributed by atoms with Crippen LogP contribution < -0.4 is 10.6 Å². The summed E-state index contributed by atoms with van der Waals surface area (Å²) in [6.07, 6.45) is 1.10. The van der Waals surface area contributed by atoms with Crippen molar-refractivity contribution in [1.29, 1.82) is 0 Å². The van der Waals surface area contributed by atoms with E-state index in [1.807, 2.05) is 6.92 Å². The van der Waals surface area contributed by atoms with Gasteiger partial charge in [-0.1, -0.05) is 30.7 Å². The molecule has 1 aromatic carbocycles. The van der Waals surface area contributed by atoms with Crippen LogP contribution in [0.15, 0.2) is 18.2 Å². The summed E-state index contributed by atoms with van der Waals surface area (Å²) in [5.41, 5.74) is 4.32. The molecule has 1 heterocycles. The predicted octanol–water partition coefficient (Wildman–Crippen LogP) is 3.89. The number of carbonyl (C=O) groups is 1. The molecular formula is C18H26ClN3OS. The molecule has 0 bridgehead atoms. The number of nitrogens with zero attached hydrogens (tertiary/aromatic N) is 1. The normalized spacial score (nSPS) is 10.3. The first-order valence-electron chi connectivity index (χ1n) is 8.07. The Morgan fingerprint density at radius 1 is 1.17 bits per heavy atom. The van der Waals surface area contributed by atoms with Crippen LogP contribution in [0.1, 0.15) is 39.8 Å². The van der Waals surface area contributed by atoms with Crippen molar-refractivity contribution in [3.05, 3.63) is 39.9 Å². The van der Waals surface area contributed by atoms with Crippen molar-refractivity contribution in [2.24, 2.45) is 0 Å². The van der Waals surface area contributed by atoms with Crippen LogP contribution in [0.25, 0.3) is 10.6 Å². The second-order valence-corrected chi connectivity index (χ2v) is 6.76. The molecule has 0 unspecified atom stereocenters. The Morgan fingerprint density at radius 3 is 2.58 bits per heavy atom. The van der Waals surface area contributed by atoms with Crippen LogP contribution >= 0.6 is 23.7 Å². The molecule has 1 amide bonds. The van der Waals surface area contributed by atoms with Crippen molar-refractivity contribution in [3.63, 3.8) is 0 Å². The van der Waals surface area contributed by atoms with Crippen LogP contribution in [0.4, 0.5) is 0 Å². The lowest BCUT2D eigenvalue weighted by Crippen LogP contribution is -2.32. The van der Waals surface area contributed by atoms with E-state index in [1.165, 1.54) is 22.5 Å². The number of halogens is 1.